The van der Waals surface area contributed by atoms with Crippen molar-refractivity contribution in [2.75, 3.05) is 19.6 Å². The number of halogens is 1. The van der Waals surface area contributed by atoms with Gasteiger partial charge in [0.05, 0.1) is 0 Å². The fourth-order valence-corrected chi connectivity index (χ4v) is 3.33. The molecule has 3 heteroatoms. The van der Waals surface area contributed by atoms with Gasteiger partial charge in [0.25, 0.3) is 0 Å². The van der Waals surface area contributed by atoms with Crippen molar-refractivity contribution in [2.45, 2.75) is 51.6 Å². The SMILES string of the molecule is CCCN1CCCC(N[C@@H](C)c2ccc(Br)cc2)CC1. The molecule has 0 saturated carbocycles. The van der Waals surface area contributed by atoms with Crippen LogP contribution >= 0.6 is 15.9 Å². The smallest absolute Gasteiger partial charge is 0.0294 e. The molecule has 1 saturated heterocycles. The van der Waals surface area contributed by atoms with Crippen molar-refractivity contribution >= 4 is 15.9 Å². The van der Waals surface area contributed by atoms with Gasteiger partial charge in [0.2, 0.25) is 0 Å². The Hall–Kier alpha value is -0.380. The van der Waals surface area contributed by atoms with Crippen LogP contribution in [0.25, 0.3) is 0 Å². The molecule has 0 amide bonds. The zero-order chi connectivity index (χ0) is 14.4. The molecule has 0 aromatic heterocycles. The minimum absolute atomic E-state index is 0.436. The fourth-order valence-electron chi connectivity index (χ4n) is 3.06. The second-order valence-corrected chi connectivity index (χ2v) is 6.83. The molecule has 1 fully saturated rings. The molecule has 1 N–H and O–H groups in total. The largest absolute Gasteiger partial charge is 0.307 e. The van der Waals surface area contributed by atoms with Crippen molar-refractivity contribution in [3.05, 3.63) is 34.3 Å². The third-order valence-corrected chi connectivity index (χ3v) is 4.74. The van der Waals surface area contributed by atoms with Gasteiger partial charge in [-0.05, 0) is 69.9 Å². The van der Waals surface area contributed by atoms with Crippen LogP contribution in [0.2, 0.25) is 0 Å². The van der Waals surface area contributed by atoms with E-state index in [1.807, 2.05) is 0 Å². The number of likely N-dealkylation sites (tertiary alicyclic amines) is 1. The molecule has 2 nitrogen and oxygen atoms in total. The van der Waals surface area contributed by atoms with Crippen molar-refractivity contribution in [3.63, 3.8) is 0 Å². The van der Waals surface area contributed by atoms with Crippen molar-refractivity contribution in [1.29, 1.82) is 0 Å². The Labute approximate surface area is 132 Å². The van der Waals surface area contributed by atoms with E-state index < -0.39 is 0 Å². The molecule has 112 valence electrons. The van der Waals surface area contributed by atoms with Gasteiger partial charge in [-0.15, -0.1) is 0 Å². The first-order valence-electron chi connectivity index (χ1n) is 7.93. The summed E-state index contributed by atoms with van der Waals surface area (Å²) in [6.45, 7) is 8.33. The van der Waals surface area contributed by atoms with Crippen LogP contribution in [-0.2, 0) is 0 Å². The Morgan fingerprint density at radius 2 is 2.00 bits per heavy atom. The van der Waals surface area contributed by atoms with Crippen LogP contribution in [0.15, 0.2) is 28.7 Å². The van der Waals surface area contributed by atoms with Gasteiger partial charge >= 0.3 is 0 Å². The number of hydrogen-bond donors (Lipinski definition) is 1. The third-order valence-electron chi connectivity index (χ3n) is 4.22. The molecule has 1 aromatic rings. The number of benzene rings is 1. The summed E-state index contributed by atoms with van der Waals surface area (Å²) in [5, 5.41) is 3.82. The predicted molar refractivity (Wildman–Crippen MR) is 90.1 cm³/mol. The van der Waals surface area contributed by atoms with Crippen LogP contribution in [0.5, 0.6) is 0 Å². The highest BCUT2D eigenvalue weighted by atomic mass is 79.9. The van der Waals surface area contributed by atoms with Crippen LogP contribution in [0.4, 0.5) is 0 Å². The van der Waals surface area contributed by atoms with Gasteiger partial charge in [-0.1, -0.05) is 35.0 Å². The Morgan fingerprint density at radius 3 is 2.70 bits per heavy atom. The summed E-state index contributed by atoms with van der Waals surface area (Å²) < 4.78 is 1.15. The van der Waals surface area contributed by atoms with Gasteiger partial charge in [-0.3, -0.25) is 0 Å². The molecule has 0 aliphatic carbocycles. The average molecular weight is 339 g/mol. The number of nitrogens with zero attached hydrogens (tertiary/aromatic N) is 1. The molecule has 0 radical (unpaired) electrons. The monoisotopic (exact) mass is 338 g/mol. The zero-order valence-corrected chi connectivity index (χ0v) is 14.3. The fraction of sp³-hybridized carbons (Fsp3) is 0.647. The van der Waals surface area contributed by atoms with Crippen LogP contribution in [0.3, 0.4) is 0 Å². The predicted octanol–water partition coefficient (Wildman–Crippen LogP) is 4.36. The van der Waals surface area contributed by atoms with E-state index in [1.165, 1.54) is 50.9 Å². The summed E-state index contributed by atoms with van der Waals surface area (Å²) in [7, 11) is 0. The lowest BCUT2D eigenvalue weighted by Crippen LogP contribution is -2.33. The van der Waals surface area contributed by atoms with E-state index in [1.54, 1.807) is 0 Å². The normalized spacial score (nSPS) is 22.4. The summed E-state index contributed by atoms with van der Waals surface area (Å²) in [6.07, 6.45) is 5.18. The highest BCUT2D eigenvalue weighted by Crippen LogP contribution is 2.19. The summed E-state index contributed by atoms with van der Waals surface area (Å²) in [5.41, 5.74) is 1.38. The summed E-state index contributed by atoms with van der Waals surface area (Å²) in [5.74, 6) is 0. The Kier molecular flexibility index (Phi) is 6.53. The van der Waals surface area contributed by atoms with E-state index >= 15 is 0 Å². The molecule has 2 atom stereocenters. The standard InChI is InChI=1S/C17H27BrN2/c1-3-11-20-12-4-5-17(10-13-20)19-14(2)15-6-8-16(18)9-7-15/h6-9,14,17,19H,3-5,10-13H2,1-2H3/t14-,17?/m0/s1. The Bertz CT molecular complexity index is 390. The highest BCUT2D eigenvalue weighted by Gasteiger charge is 2.18. The molecule has 1 heterocycles. The van der Waals surface area contributed by atoms with Crippen molar-refractivity contribution in [3.8, 4) is 0 Å². The molecular formula is C17H27BrN2. The maximum absolute atomic E-state index is 3.82. The van der Waals surface area contributed by atoms with E-state index in [4.69, 9.17) is 0 Å². The van der Waals surface area contributed by atoms with Crippen LogP contribution in [-0.4, -0.2) is 30.6 Å². The summed E-state index contributed by atoms with van der Waals surface area (Å²) in [6, 6.07) is 9.78. The zero-order valence-electron chi connectivity index (χ0n) is 12.7. The van der Waals surface area contributed by atoms with E-state index in [2.05, 4.69) is 64.3 Å². The molecule has 1 aromatic carbocycles. The number of rotatable bonds is 5. The molecular weight excluding hydrogens is 312 g/mol. The van der Waals surface area contributed by atoms with Gasteiger partial charge < -0.3 is 10.2 Å². The van der Waals surface area contributed by atoms with E-state index in [9.17, 15) is 0 Å². The second-order valence-electron chi connectivity index (χ2n) is 5.91. The van der Waals surface area contributed by atoms with Crippen molar-refractivity contribution < 1.29 is 0 Å². The lowest BCUT2D eigenvalue weighted by molar-refractivity contribution is 0.281. The van der Waals surface area contributed by atoms with Crippen LogP contribution in [0.1, 0.15) is 51.1 Å². The quantitative estimate of drug-likeness (QED) is 0.857. The van der Waals surface area contributed by atoms with Crippen LogP contribution < -0.4 is 5.32 Å². The summed E-state index contributed by atoms with van der Waals surface area (Å²) in [4.78, 5) is 2.62. The Balaban J connectivity index is 1.85. The maximum Gasteiger partial charge on any atom is 0.0294 e. The molecule has 20 heavy (non-hydrogen) atoms. The first kappa shape index (κ1) is 16.0. The number of hydrogen-bond acceptors (Lipinski definition) is 2. The van der Waals surface area contributed by atoms with Crippen LogP contribution in [0, 0.1) is 0 Å². The van der Waals surface area contributed by atoms with Gasteiger partial charge in [0.15, 0.2) is 0 Å². The molecule has 1 aliphatic rings. The van der Waals surface area contributed by atoms with E-state index in [0.717, 1.165) is 4.47 Å². The highest BCUT2D eigenvalue weighted by molar-refractivity contribution is 9.10. The van der Waals surface area contributed by atoms with Crippen molar-refractivity contribution in [2.24, 2.45) is 0 Å². The van der Waals surface area contributed by atoms with Crippen molar-refractivity contribution in [1.82, 2.24) is 10.2 Å². The van der Waals surface area contributed by atoms with Gasteiger partial charge in [0.1, 0.15) is 0 Å². The first-order chi connectivity index (χ1) is 9.69. The van der Waals surface area contributed by atoms with Gasteiger partial charge in [0, 0.05) is 16.6 Å². The Morgan fingerprint density at radius 1 is 1.25 bits per heavy atom. The minimum atomic E-state index is 0.436. The molecule has 2 rings (SSSR count). The average Bonchev–Trinajstić information content (AvgIpc) is 2.66. The topological polar surface area (TPSA) is 15.3 Å². The van der Waals surface area contributed by atoms with Gasteiger partial charge in [-0.2, -0.15) is 0 Å². The first-order valence-corrected chi connectivity index (χ1v) is 8.72. The lowest BCUT2D eigenvalue weighted by Gasteiger charge is -2.23. The second kappa shape index (κ2) is 8.16. The molecule has 0 bridgehead atoms. The van der Waals surface area contributed by atoms with E-state index in [0.29, 0.717) is 12.1 Å². The van der Waals surface area contributed by atoms with E-state index in [-0.39, 0.29) is 0 Å². The third kappa shape index (κ3) is 4.87. The maximum atomic E-state index is 3.82. The lowest BCUT2D eigenvalue weighted by atomic mass is 10.0. The summed E-state index contributed by atoms with van der Waals surface area (Å²) >= 11 is 3.50. The number of nitrogens with one attached hydrogen (secondary N) is 1. The molecule has 0 spiro atoms. The minimum Gasteiger partial charge on any atom is -0.307 e. The van der Waals surface area contributed by atoms with Gasteiger partial charge in [-0.25, -0.2) is 0 Å². The molecule has 1 unspecified atom stereocenters. The molecule has 1 aliphatic heterocycles.